The van der Waals surface area contributed by atoms with Crippen molar-refractivity contribution < 1.29 is 4.39 Å². The molecular weight excluding hydrogens is 275 g/mol. The lowest BCUT2D eigenvalue weighted by molar-refractivity contribution is 0.629. The van der Waals surface area contributed by atoms with Crippen LogP contribution >= 0.6 is 11.3 Å². The Kier molecular flexibility index (Phi) is 3.40. The monoisotopic (exact) mass is 290 g/mol. The third-order valence-electron chi connectivity index (χ3n) is 3.11. The molecule has 0 aliphatic rings. The number of hydrogen-bond donors (Lipinski definition) is 1. The van der Waals surface area contributed by atoms with E-state index in [0.717, 1.165) is 21.9 Å². The Morgan fingerprint density at radius 1 is 1.40 bits per heavy atom. The number of aryl methyl sites for hydroxylation is 2. The molecule has 0 bridgehead atoms. The van der Waals surface area contributed by atoms with Gasteiger partial charge < -0.3 is 5.32 Å². The number of nitrogens with one attached hydrogen (secondary N) is 1. The summed E-state index contributed by atoms with van der Waals surface area (Å²) in [6.45, 7) is 2.77. The predicted molar refractivity (Wildman–Crippen MR) is 79.5 cm³/mol. The van der Waals surface area contributed by atoms with Crippen LogP contribution < -0.4 is 5.32 Å². The van der Waals surface area contributed by atoms with Crippen molar-refractivity contribution in [2.45, 2.75) is 19.9 Å². The van der Waals surface area contributed by atoms with Crippen molar-refractivity contribution in [3.8, 4) is 0 Å². The summed E-state index contributed by atoms with van der Waals surface area (Å²) in [5.41, 5.74) is 2.95. The maximum absolute atomic E-state index is 13.1. The minimum Gasteiger partial charge on any atom is -0.357 e. The summed E-state index contributed by atoms with van der Waals surface area (Å²) >= 11 is 1.53. The van der Waals surface area contributed by atoms with Gasteiger partial charge in [0.25, 0.3) is 0 Å². The quantitative estimate of drug-likeness (QED) is 0.801. The van der Waals surface area contributed by atoms with Crippen LogP contribution in [0.15, 0.2) is 24.4 Å². The zero-order valence-corrected chi connectivity index (χ0v) is 12.2. The normalized spacial score (nSPS) is 11.2. The maximum Gasteiger partial charge on any atom is 0.184 e. The summed E-state index contributed by atoms with van der Waals surface area (Å²) in [5.74, 6) is -0.255. The molecule has 1 N–H and O–H groups in total. The van der Waals surface area contributed by atoms with E-state index in [0.29, 0.717) is 12.1 Å². The van der Waals surface area contributed by atoms with E-state index in [1.807, 2.05) is 17.9 Å². The van der Waals surface area contributed by atoms with Gasteiger partial charge in [-0.15, -0.1) is 0 Å². The molecule has 6 heteroatoms. The second kappa shape index (κ2) is 5.20. The fourth-order valence-electron chi connectivity index (χ4n) is 2.18. The lowest BCUT2D eigenvalue weighted by Gasteiger charge is -2.01. The Bertz CT molecular complexity index is 747. The molecule has 0 aliphatic carbocycles. The van der Waals surface area contributed by atoms with Gasteiger partial charge in [0, 0.05) is 31.4 Å². The Morgan fingerprint density at radius 3 is 3.05 bits per heavy atom. The highest BCUT2D eigenvalue weighted by atomic mass is 32.1. The van der Waals surface area contributed by atoms with Gasteiger partial charge >= 0.3 is 0 Å². The molecule has 0 radical (unpaired) electrons. The van der Waals surface area contributed by atoms with Crippen LogP contribution in [-0.4, -0.2) is 14.8 Å². The van der Waals surface area contributed by atoms with Gasteiger partial charge in [-0.05, 0) is 18.6 Å². The minimum atomic E-state index is -0.255. The SMILES string of the molecule is CCc1nn(C)cc1CNc1nc2cc(F)ccc2s1. The highest BCUT2D eigenvalue weighted by molar-refractivity contribution is 7.22. The number of halogens is 1. The van der Waals surface area contributed by atoms with Crippen molar-refractivity contribution >= 4 is 26.7 Å². The van der Waals surface area contributed by atoms with Crippen molar-refractivity contribution in [3.63, 3.8) is 0 Å². The van der Waals surface area contributed by atoms with Gasteiger partial charge in [0.15, 0.2) is 5.13 Å². The molecule has 0 atom stereocenters. The van der Waals surface area contributed by atoms with Crippen molar-refractivity contribution in [1.82, 2.24) is 14.8 Å². The first-order chi connectivity index (χ1) is 9.65. The topological polar surface area (TPSA) is 42.7 Å². The minimum absolute atomic E-state index is 0.255. The van der Waals surface area contributed by atoms with Crippen LogP contribution in [0.4, 0.5) is 9.52 Å². The summed E-state index contributed by atoms with van der Waals surface area (Å²) < 4.78 is 15.9. The van der Waals surface area contributed by atoms with Gasteiger partial charge in [0.2, 0.25) is 0 Å². The molecule has 1 aromatic carbocycles. The molecule has 104 valence electrons. The molecule has 0 spiro atoms. The van der Waals surface area contributed by atoms with E-state index < -0.39 is 0 Å². The van der Waals surface area contributed by atoms with E-state index in [4.69, 9.17) is 0 Å². The zero-order chi connectivity index (χ0) is 14.1. The number of anilines is 1. The highest BCUT2D eigenvalue weighted by Crippen LogP contribution is 2.26. The zero-order valence-electron chi connectivity index (χ0n) is 11.4. The molecule has 0 amide bonds. The summed E-state index contributed by atoms with van der Waals surface area (Å²) in [7, 11) is 1.92. The van der Waals surface area contributed by atoms with Crippen LogP contribution in [0.1, 0.15) is 18.2 Å². The van der Waals surface area contributed by atoms with Crippen LogP contribution in [0.5, 0.6) is 0 Å². The first kappa shape index (κ1) is 13.1. The summed E-state index contributed by atoms with van der Waals surface area (Å²) in [6.07, 6.45) is 2.92. The molecule has 0 saturated heterocycles. The molecule has 0 unspecified atom stereocenters. The Morgan fingerprint density at radius 2 is 2.25 bits per heavy atom. The number of thiazole rings is 1. The smallest absolute Gasteiger partial charge is 0.184 e. The standard InChI is InChI=1S/C14H15FN4S/c1-3-11-9(8-19(2)18-11)7-16-14-17-12-6-10(15)4-5-13(12)20-14/h4-6,8H,3,7H2,1-2H3,(H,16,17). The first-order valence-electron chi connectivity index (χ1n) is 6.47. The third kappa shape index (κ3) is 2.51. The largest absolute Gasteiger partial charge is 0.357 e. The lowest BCUT2D eigenvalue weighted by atomic mass is 10.2. The number of hydrogen-bond acceptors (Lipinski definition) is 4. The van der Waals surface area contributed by atoms with E-state index in [9.17, 15) is 4.39 Å². The molecule has 2 aromatic heterocycles. The predicted octanol–water partition coefficient (Wildman–Crippen LogP) is 3.34. The second-order valence-corrected chi connectivity index (χ2v) is 5.64. The maximum atomic E-state index is 13.1. The summed E-state index contributed by atoms with van der Waals surface area (Å²) in [6, 6.07) is 4.67. The fourth-order valence-corrected chi connectivity index (χ4v) is 3.02. The van der Waals surface area contributed by atoms with Crippen LogP contribution in [0.2, 0.25) is 0 Å². The van der Waals surface area contributed by atoms with E-state index in [-0.39, 0.29) is 5.82 Å². The van der Waals surface area contributed by atoms with E-state index in [1.54, 1.807) is 6.07 Å². The lowest BCUT2D eigenvalue weighted by Crippen LogP contribution is -2.00. The number of rotatable bonds is 4. The van der Waals surface area contributed by atoms with Crippen molar-refractivity contribution in [2.75, 3.05) is 5.32 Å². The van der Waals surface area contributed by atoms with Crippen molar-refractivity contribution in [2.24, 2.45) is 7.05 Å². The molecule has 3 aromatic rings. The molecule has 0 aliphatic heterocycles. The summed E-state index contributed by atoms with van der Waals surface area (Å²) in [5, 5.41) is 8.50. The van der Waals surface area contributed by atoms with Gasteiger partial charge in [0.05, 0.1) is 15.9 Å². The average molecular weight is 290 g/mol. The number of nitrogens with zero attached hydrogens (tertiary/aromatic N) is 3. The second-order valence-electron chi connectivity index (χ2n) is 4.61. The molecular formula is C14H15FN4S. The molecule has 4 nitrogen and oxygen atoms in total. The molecule has 2 heterocycles. The average Bonchev–Trinajstić information content (AvgIpc) is 2.98. The fraction of sp³-hybridized carbons (Fsp3) is 0.286. The van der Waals surface area contributed by atoms with Gasteiger partial charge in [-0.3, -0.25) is 4.68 Å². The van der Waals surface area contributed by atoms with Crippen molar-refractivity contribution in [3.05, 3.63) is 41.5 Å². The van der Waals surface area contributed by atoms with E-state index in [1.165, 1.54) is 29.0 Å². The third-order valence-corrected chi connectivity index (χ3v) is 4.10. The Balaban J connectivity index is 1.79. The van der Waals surface area contributed by atoms with Gasteiger partial charge in [0.1, 0.15) is 5.82 Å². The van der Waals surface area contributed by atoms with Gasteiger partial charge in [-0.1, -0.05) is 18.3 Å². The number of aromatic nitrogens is 3. The van der Waals surface area contributed by atoms with E-state index in [2.05, 4.69) is 22.3 Å². The molecule has 3 rings (SSSR count). The first-order valence-corrected chi connectivity index (χ1v) is 7.28. The molecule has 20 heavy (non-hydrogen) atoms. The van der Waals surface area contributed by atoms with Crippen LogP contribution in [0, 0.1) is 5.82 Å². The van der Waals surface area contributed by atoms with Crippen molar-refractivity contribution in [1.29, 1.82) is 0 Å². The van der Waals surface area contributed by atoms with Crippen LogP contribution in [-0.2, 0) is 20.0 Å². The van der Waals surface area contributed by atoms with Crippen LogP contribution in [0.3, 0.4) is 0 Å². The Hall–Kier alpha value is -1.95. The van der Waals surface area contributed by atoms with Crippen LogP contribution in [0.25, 0.3) is 10.2 Å². The molecule has 0 fully saturated rings. The van der Waals surface area contributed by atoms with Gasteiger partial charge in [-0.2, -0.15) is 5.10 Å². The number of benzene rings is 1. The summed E-state index contributed by atoms with van der Waals surface area (Å²) in [4.78, 5) is 4.39. The number of fused-ring (bicyclic) bond motifs is 1. The van der Waals surface area contributed by atoms with Gasteiger partial charge in [-0.25, -0.2) is 9.37 Å². The Labute approximate surface area is 120 Å². The van der Waals surface area contributed by atoms with E-state index >= 15 is 0 Å². The highest BCUT2D eigenvalue weighted by Gasteiger charge is 2.08. The molecule has 0 saturated carbocycles.